The second kappa shape index (κ2) is 7.68. The summed E-state index contributed by atoms with van der Waals surface area (Å²) in [6.45, 7) is 1.02. The fraction of sp³-hybridized carbons (Fsp3) is 0.143. The molecule has 0 saturated carbocycles. The van der Waals surface area contributed by atoms with E-state index in [1.807, 2.05) is 36.4 Å². The van der Waals surface area contributed by atoms with Crippen LogP contribution in [0.15, 0.2) is 54.6 Å². The number of pyridine rings is 1. The molecular formula is C21H16ClNO4. The number of rotatable bonds is 4. The Morgan fingerprint density at radius 3 is 2.93 bits per heavy atom. The van der Waals surface area contributed by atoms with E-state index in [1.54, 1.807) is 18.2 Å². The lowest BCUT2D eigenvalue weighted by Gasteiger charge is -2.20. The van der Waals surface area contributed by atoms with Crippen molar-refractivity contribution in [3.63, 3.8) is 0 Å². The van der Waals surface area contributed by atoms with Gasteiger partial charge in [0.25, 0.3) is 0 Å². The molecule has 0 fully saturated rings. The summed E-state index contributed by atoms with van der Waals surface area (Å²) in [6.07, 6.45) is 2.99. The molecule has 0 N–H and O–H groups in total. The Hall–Kier alpha value is -3.05. The average Bonchev–Trinajstić information content (AvgIpc) is 2.70. The van der Waals surface area contributed by atoms with Crippen LogP contribution in [0.5, 0.6) is 11.5 Å². The zero-order valence-electron chi connectivity index (χ0n) is 14.4. The van der Waals surface area contributed by atoms with Gasteiger partial charge in [-0.2, -0.15) is 0 Å². The number of hydrogen-bond acceptors (Lipinski definition) is 5. The highest BCUT2D eigenvalue weighted by Gasteiger charge is 2.17. The van der Waals surface area contributed by atoms with Crippen LogP contribution in [-0.4, -0.2) is 24.2 Å². The first-order valence-corrected chi connectivity index (χ1v) is 8.85. The number of fused-ring (bicyclic) bond motifs is 2. The van der Waals surface area contributed by atoms with Gasteiger partial charge in [0.05, 0.1) is 16.2 Å². The Labute approximate surface area is 161 Å². The van der Waals surface area contributed by atoms with E-state index in [0.717, 1.165) is 16.5 Å². The van der Waals surface area contributed by atoms with Gasteiger partial charge < -0.3 is 14.2 Å². The van der Waals surface area contributed by atoms with Crippen LogP contribution in [0.25, 0.3) is 17.0 Å². The first-order chi connectivity index (χ1) is 13.2. The summed E-state index contributed by atoms with van der Waals surface area (Å²) in [6, 6.07) is 15.1. The van der Waals surface area contributed by atoms with Crippen molar-refractivity contribution in [2.75, 3.05) is 13.2 Å². The monoisotopic (exact) mass is 381 g/mol. The minimum atomic E-state index is -0.462. The highest BCUT2D eigenvalue weighted by atomic mass is 35.5. The largest absolute Gasteiger partial charge is 0.486 e. The smallest absolute Gasteiger partial charge is 0.331 e. The van der Waals surface area contributed by atoms with Crippen LogP contribution in [0.2, 0.25) is 5.02 Å². The molecule has 0 unspecified atom stereocenters. The van der Waals surface area contributed by atoms with Crippen molar-refractivity contribution < 1.29 is 19.0 Å². The van der Waals surface area contributed by atoms with Gasteiger partial charge in [-0.25, -0.2) is 9.78 Å². The van der Waals surface area contributed by atoms with Crippen molar-refractivity contribution >= 4 is 34.5 Å². The van der Waals surface area contributed by atoms with E-state index >= 15 is 0 Å². The first-order valence-electron chi connectivity index (χ1n) is 8.48. The van der Waals surface area contributed by atoms with E-state index < -0.39 is 5.97 Å². The summed E-state index contributed by atoms with van der Waals surface area (Å²) in [5, 5.41) is 1.49. The molecule has 6 heteroatoms. The number of para-hydroxylation sites is 1. The molecule has 0 spiro atoms. The number of carbonyl (C=O) groups is 1. The third-order valence-corrected chi connectivity index (χ3v) is 4.33. The van der Waals surface area contributed by atoms with E-state index in [9.17, 15) is 4.79 Å². The zero-order valence-corrected chi connectivity index (χ0v) is 15.1. The molecule has 5 nitrogen and oxygen atoms in total. The Morgan fingerprint density at radius 2 is 2.00 bits per heavy atom. The minimum Gasteiger partial charge on any atom is -0.486 e. The van der Waals surface area contributed by atoms with Crippen LogP contribution >= 0.6 is 11.6 Å². The van der Waals surface area contributed by atoms with Crippen LogP contribution in [-0.2, 0) is 16.1 Å². The summed E-state index contributed by atoms with van der Waals surface area (Å²) in [5.74, 6) is 0.631. The molecule has 1 aliphatic rings. The van der Waals surface area contributed by atoms with E-state index in [0.29, 0.717) is 35.4 Å². The van der Waals surface area contributed by atoms with Crippen molar-refractivity contribution in [2.45, 2.75) is 6.61 Å². The number of nitrogens with zero attached hydrogens (tertiary/aromatic N) is 1. The zero-order chi connectivity index (χ0) is 18.6. The first kappa shape index (κ1) is 17.4. The summed E-state index contributed by atoms with van der Waals surface area (Å²) in [7, 11) is 0. The van der Waals surface area contributed by atoms with Crippen LogP contribution in [0.3, 0.4) is 0 Å². The molecular weight excluding hydrogens is 366 g/mol. The number of hydrogen-bond donors (Lipinski definition) is 0. The van der Waals surface area contributed by atoms with Gasteiger partial charge in [-0.15, -0.1) is 0 Å². The van der Waals surface area contributed by atoms with Crippen LogP contribution in [0.1, 0.15) is 11.3 Å². The van der Waals surface area contributed by atoms with E-state index in [2.05, 4.69) is 4.98 Å². The van der Waals surface area contributed by atoms with E-state index in [4.69, 9.17) is 25.8 Å². The van der Waals surface area contributed by atoms with Crippen LogP contribution in [0.4, 0.5) is 0 Å². The third-order valence-electron chi connectivity index (χ3n) is 4.05. The lowest BCUT2D eigenvalue weighted by atomic mass is 10.2. The van der Waals surface area contributed by atoms with Crippen LogP contribution in [0, 0.1) is 0 Å². The van der Waals surface area contributed by atoms with Gasteiger partial charge in [0.1, 0.15) is 19.8 Å². The number of ether oxygens (including phenoxy) is 3. The molecule has 27 heavy (non-hydrogen) atoms. The van der Waals surface area contributed by atoms with Gasteiger partial charge in [0.15, 0.2) is 11.5 Å². The van der Waals surface area contributed by atoms with Crippen molar-refractivity contribution in [1.29, 1.82) is 0 Å². The third kappa shape index (κ3) is 4.04. The fourth-order valence-corrected chi connectivity index (χ4v) is 3.07. The molecule has 3 aromatic rings. The van der Waals surface area contributed by atoms with Gasteiger partial charge in [-0.05, 0) is 35.9 Å². The highest BCUT2D eigenvalue weighted by molar-refractivity contribution is 6.32. The van der Waals surface area contributed by atoms with Crippen LogP contribution < -0.4 is 9.47 Å². The molecule has 1 aromatic heterocycles. The van der Waals surface area contributed by atoms with Crippen molar-refractivity contribution in [3.8, 4) is 11.5 Å². The molecule has 0 radical (unpaired) electrons. The van der Waals surface area contributed by atoms with Gasteiger partial charge in [0.2, 0.25) is 0 Å². The lowest BCUT2D eigenvalue weighted by molar-refractivity contribution is -0.138. The molecule has 4 rings (SSSR count). The number of esters is 1. The molecule has 136 valence electrons. The fourth-order valence-electron chi connectivity index (χ4n) is 2.78. The number of benzene rings is 2. The molecule has 1 aliphatic heterocycles. The molecule has 0 atom stereocenters. The topological polar surface area (TPSA) is 57.7 Å². The number of halogens is 1. The maximum absolute atomic E-state index is 12.0. The maximum Gasteiger partial charge on any atom is 0.331 e. The second-order valence-corrected chi connectivity index (χ2v) is 6.38. The van der Waals surface area contributed by atoms with E-state index in [-0.39, 0.29) is 6.61 Å². The average molecular weight is 382 g/mol. The Kier molecular flexibility index (Phi) is 4.94. The SMILES string of the molecule is O=C(/C=C/c1ccc2ccccc2n1)OCc1cc(Cl)c2c(c1)OCCO2. The lowest BCUT2D eigenvalue weighted by Crippen LogP contribution is -2.16. The Balaban J connectivity index is 1.40. The summed E-state index contributed by atoms with van der Waals surface area (Å²) in [4.78, 5) is 16.5. The molecule has 0 amide bonds. The molecule has 2 aromatic carbocycles. The summed E-state index contributed by atoms with van der Waals surface area (Å²) in [5.41, 5.74) is 2.29. The van der Waals surface area contributed by atoms with Gasteiger partial charge in [-0.3, -0.25) is 0 Å². The number of aromatic nitrogens is 1. The highest BCUT2D eigenvalue weighted by Crippen LogP contribution is 2.38. The molecule has 0 saturated heterocycles. The van der Waals surface area contributed by atoms with Crippen molar-refractivity contribution in [1.82, 2.24) is 4.98 Å². The molecule has 0 aliphatic carbocycles. The minimum absolute atomic E-state index is 0.0880. The van der Waals surface area contributed by atoms with Crippen molar-refractivity contribution in [2.24, 2.45) is 0 Å². The Bertz CT molecular complexity index is 1030. The second-order valence-electron chi connectivity index (χ2n) is 5.97. The van der Waals surface area contributed by atoms with Crippen molar-refractivity contribution in [3.05, 3.63) is 70.9 Å². The quantitative estimate of drug-likeness (QED) is 0.494. The maximum atomic E-state index is 12.0. The molecule has 0 bridgehead atoms. The number of carbonyl (C=O) groups excluding carboxylic acids is 1. The van der Waals surface area contributed by atoms with Gasteiger partial charge in [0, 0.05) is 11.5 Å². The molecule has 2 heterocycles. The van der Waals surface area contributed by atoms with Gasteiger partial charge in [-0.1, -0.05) is 35.9 Å². The standard InChI is InChI=1S/C21H16ClNO4/c22-17-11-14(12-19-21(17)26-10-9-25-19)13-27-20(24)8-7-16-6-5-15-3-1-2-4-18(15)23-16/h1-8,11-12H,9-10,13H2/b8-7+. The summed E-state index contributed by atoms with van der Waals surface area (Å²) >= 11 is 6.18. The van der Waals surface area contributed by atoms with Gasteiger partial charge >= 0.3 is 5.97 Å². The normalized spacial score (nSPS) is 13.1. The predicted octanol–water partition coefficient (Wildman–Crippen LogP) is 4.42. The Morgan fingerprint density at radius 1 is 1.15 bits per heavy atom. The van der Waals surface area contributed by atoms with E-state index in [1.165, 1.54) is 6.08 Å². The predicted molar refractivity (Wildman–Crippen MR) is 103 cm³/mol. The summed E-state index contributed by atoms with van der Waals surface area (Å²) < 4.78 is 16.3.